The summed E-state index contributed by atoms with van der Waals surface area (Å²) in [6.45, 7) is 0.595. The zero-order valence-corrected chi connectivity index (χ0v) is 17.5. The molecule has 1 amide bonds. The first-order chi connectivity index (χ1) is 15.8. The lowest BCUT2D eigenvalue weighted by atomic mass is 10.2. The number of carbonyl (C=O) groups excluding carboxylic acids is 1. The van der Waals surface area contributed by atoms with Gasteiger partial charge in [0, 0.05) is 25.6 Å². The Balaban J connectivity index is 1.72. The minimum atomic E-state index is -3.57. The summed E-state index contributed by atoms with van der Waals surface area (Å²) in [6, 6.07) is 9.57. The summed E-state index contributed by atoms with van der Waals surface area (Å²) in [4.78, 5) is 20.1. The second-order valence-electron chi connectivity index (χ2n) is 7.10. The molecule has 0 radical (unpaired) electrons. The smallest absolute Gasteiger partial charge is 0.322 e. The van der Waals surface area contributed by atoms with Gasteiger partial charge in [-0.15, -0.1) is 0 Å². The van der Waals surface area contributed by atoms with E-state index >= 15 is 0 Å². The van der Waals surface area contributed by atoms with Crippen molar-refractivity contribution in [1.29, 1.82) is 0 Å². The average Bonchev–Trinajstić information content (AvgIpc) is 3.45. The van der Waals surface area contributed by atoms with Gasteiger partial charge in [0.25, 0.3) is 5.91 Å². The van der Waals surface area contributed by atoms with Crippen molar-refractivity contribution in [2.24, 2.45) is 0 Å². The van der Waals surface area contributed by atoms with Gasteiger partial charge in [-0.2, -0.15) is 13.9 Å². The number of hydrogen-bond acceptors (Lipinski definition) is 7. The number of nitrogens with zero attached hydrogens (tertiary/aromatic N) is 5. The van der Waals surface area contributed by atoms with Crippen LogP contribution in [0, 0.1) is 5.82 Å². The summed E-state index contributed by atoms with van der Waals surface area (Å²) in [5.41, 5.74) is 1.70. The molecule has 0 aliphatic carbocycles. The van der Waals surface area contributed by atoms with E-state index in [1.807, 2.05) is 0 Å². The number of halogens is 3. The van der Waals surface area contributed by atoms with Crippen LogP contribution in [-0.2, 0) is 11.3 Å². The van der Waals surface area contributed by atoms with E-state index < -0.39 is 11.8 Å². The Morgan fingerprint density at radius 2 is 2.00 bits per heavy atom. The molecule has 0 aliphatic heterocycles. The maximum atomic E-state index is 14.2. The van der Waals surface area contributed by atoms with Crippen LogP contribution in [0.2, 0.25) is 0 Å². The van der Waals surface area contributed by atoms with Crippen LogP contribution in [0.3, 0.4) is 0 Å². The molecule has 0 atom stereocenters. The third-order valence-corrected chi connectivity index (χ3v) is 4.66. The standard InChI is InChI=1S/C21H18F3N7O2/c1-21(23,24)20(32)27-16-10-26-19(28-18(16)25-2)15-9-17(14-7-8-33-30-14)31(29-15)11-12-5-3-4-6-13(12)22/h3-10H,11H2,1-2H3,(H,27,32)(H,25,26,28). The van der Waals surface area contributed by atoms with Gasteiger partial charge in [0.05, 0.1) is 18.4 Å². The van der Waals surface area contributed by atoms with E-state index in [4.69, 9.17) is 4.52 Å². The van der Waals surface area contributed by atoms with Crippen LogP contribution in [0.4, 0.5) is 24.7 Å². The second kappa shape index (κ2) is 8.73. The molecule has 9 nitrogen and oxygen atoms in total. The van der Waals surface area contributed by atoms with Gasteiger partial charge in [-0.3, -0.25) is 9.48 Å². The van der Waals surface area contributed by atoms with Gasteiger partial charge >= 0.3 is 5.92 Å². The van der Waals surface area contributed by atoms with Gasteiger partial charge in [0.2, 0.25) is 0 Å². The minimum Gasteiger partial charge on any atom is -0.371 e. The van der Waals surface area contributed by atoms with Crippen LogP contribution in [0.1, 0.15) is 12.5 Å². The Labute approximate surface area is 185 Å². The third-order valence-electron chi connectivity index (χ3n) is 4.66. The fourth-order valence-corrected chi connectivity index (χ4v) is 3.00. The fraction of sp³-hybridized carbons (Fsp3) is 0.190. The number of hydrogen-bond donors (Lipinski definition) is 2. The summed E-state index contributed by atoms with van der Waals surface area (Å²) in [7, 11) is 1.52. The van der Waals surface area contributed by atoms with Gasteiger partial charge in [-0.1, -0.05) is 23.4 Å². The van der Waals surface area contributed by atoms with Crippen molar-refractivity contribution >= 4 is 17.4 Å². The first-order valence-corrected chi connectivity index (χ1v) is 9.72. The molecule has 0 aliphatic rings. The van der Waals surface area contributed by atoms with Gasteiger partial charge < -0.3 is 15.2 Å². The Morgan fingerprint density at radius 3 is 2.67 bits per heavy atom. The quantitative estimate of drug-likeness (QED) is 0.434. The lowest BCUT2D eigenvalue weighted by molar-refractivity contribution is -0.137. The Bertz CT molecular complexity index is 1280. The highest BCUT2D eigenvalue weighted by molar-refractivity contribution is 5.97. The number of amides is 1. The molecule has 0 saturated heterocycles. The van der Waals surface area contributed by atoms with Gasteiger partial charge in [-0.25, -0.2) is 14.4 Å². The van der Waals surface area contributed by atoms with Crippen molar-refractivity contribution in [3.63, 3.8) is 0 Å². The van der Waals surface area contributed by atoms with E-state index in [0.29, 0.717) is 29.6 Å². The SMILES string of the molecule is CNc1nc(-c2cc(-c3ccon3)n(Cc3ccccc3F)n2)ncc1NC(=O)C(C)(F)F. The molecule has 0 saturated carbocycles. The molecule has 0 spiro atoms. The maximum Gasteiger partial charge on any atom is 0.322 e. The highest BCUT2D eigenvalue weighted by Gasteiger charge is 2.33. The molecule has 1 aromatic carbocycles. The summed E-state index contributed by atoms with van der Waals surface area (Å²) in [6.07, 6.45) is 2.59. The lowest BCUT2D eigenvalue weighted by Gasteiger charge is -2.13. The van der Waals surface area contributed by atoms with Crippen LogP contribution in [0.25, 0.3) is 22.9 Å². The molecular weight excluding hydrogens is 439 g/mol. The van der Waals surface area contributed by atoms with Crippen molar-refractivity contribution in [3.8, 4) is 22.9 Å². The van der Waals surface area contributed by atoms with Gasteiger partial charge in [-0.05, 0) is 12.1 Å². The fourth-order valence-electron chi connectivity index (χ4n) is 3.00. The maximum absolute atomic E-state index is 14.2. The Kier molecular flexibility index (Phi) is 5.82. The monoisotopic (exact) mass is 457 g/mol. The number of nitrogens with one attached hydrogen (secondary N) is 2. The van der Waals surface area contributed by atoms with E-state index in [9.17, 15) is 18.0 Å². The predicted molar refractivity (Wildman–Crippen MR) is 113 cm³/mol. The Morgan fingerprint density at radius 1 is 1.21 bits per heavy atom. The van der Waals surface area contributed by atoms with Crippen molar-refractivity contribution in [1.82, 2.24) is 24.9 Å². The summed E-state index contributed by atoms with van der Waals surface area (Å²) < 4.78 is 47.2. The molecule has 33 heavy (non-hydrogen) atoms. The molecule has 0 fully saturated rings. The number of rotatable bonds is 7. The van der Waals surface area contributed by atoms with Gasteiger partial charge in [0.15, 0.2) is 11.6 Å². The zero-order chi connectivity index (χ0) is 23.6. The first-order valence-electron chi connectivity index (χ1n) is 9.72. The summed E-state index contributed by atoms with van der Waals surface area (Å²) >= 11 is 0. The molecule has 4 rings (SSSR count). The van der Waals surface area contributed by atoms with E-state index in [2.05, 4.69) is 30.9 Å². The largest absolute Gasteiger partial charge is 0.371 e. The normalized spacial score (nSPS) is 11.4. The van der Waals surface area contributed by atoms with E-state index in [-0.39, 0.29) is 29.7 Å². The first kappa shape index (κ1) is 22.0. The number of carbonyl (C=O) groups is 1. The highest BCUT2D eigenvalue weighted by Crippen LogP contribution is 2.28. The number of benzene rings is 1. The van der Waals surface area contributed by atoms with Crippen molar-refractivity contribution in [2.75, 3.05) is 17.7 Å². The van der Waals surface area contributed by atoms with Crippen LogP contribution in [0.15, 0.2) is 53.4 Å². The zero-order valence-electron chi connectivity index (χ0n) is 17.5. The van der Waals surface area contributed by atoms with E-state index in [1.165, 1.54) is 30.3 Å². The number of anilines is 2. The third kappa shape index (κ3) is 4.68. The number of aromatic nitrogens is 5. The average molecular weight is 457 g/mol. The summed E-state index contributed by atoms with van der Waals surface area (Å²) in [5, 5.41) is 13.2. The molecular formula is C21H18F3N7O2. The van der Waals surface area contributed by atoms with Gasteiger partial charge in [0.1, 0.15) is 29.2 Å². The van der Waals surface area contributed by atoms with Crippen LogP contribution in [-0.4, -0.2) is 43.8 Å². The van der Waals surface area contributed by atoms with Crippen molar-refractivity contribution in [3.05, 3.63) is 60.2 Å². The molecule has 0 bridgehead atoms. The minimum absolute atomic E-state index is 0.0183. The second-order valence-corrected chi connectivity index (χ2v) is 7.10. The molecule has 3 aromatic heterocycles. The molecule has 12 heteroatoms. The van der Waals surface area contributed by atoms with Crippen molar-refractivity contribution < 1.29 is 22.5 Å². The Hall–Kier alpha value is -4.22. The van der Waals surface area contributed by atoms with Crippen LogP contribution in [0.5, 0.6) is 0 Å². The van der Waals surface area contributed by atoms with Crippen molar-refractivity contribution in [2.45, 2.75) is 19.4 Å². The highest BCUT2D eigenvalue weighted by atomic mass is 19.3. The lowest BCUT2D eigenvalue weighted by Crippen LogP contribution is -2.31. The molecule has 170 valence electrons. The molecule has 2 N–H and O–H groups in total. The summed E-state index contributed by atoms with van der Waals surface area (Å²) in [5.74, 6) is -5.18. The predicted octanol–water partition coefficient (Wildman–Crippen LogP) is 3.82. The van der Waals surface area contributed by atoms with Crippen LogP contribution < -0.4 is 10.6 Å². The van der Waals surface area contributed by atoms with E-state index in [0.717, 1.165) is 0 Å². The molecule has 4 aromatic rings. The van der Waals surface area contributed by atoms with Crippen LogP contribution >= 0.6 is 0 Å². The van der Waals surface area contributed by atoms with E-state index in [1.54, 1.807) is 30.3 Å². The number of alkyl halides is 2. The molecule has 3 heterocycles. The topological polar surface area (TPSA) is 111 Å². The molecule has 0 unspecified atom stereocenters.